The van der Waals surface area contributed by atoms with Crippen LogP contribution in [-0.2, 0) is 13.3 Å². The van der Waals surface area contributed by atoms with E-state index in [0.29, 0.717) is 25.6 Å². The van der Waals surface area contributed by atoms with E-state index >= 15 is 0 Å². The van der Waals surface area contributed by atoms with Gasteiger partial charge >= 0.3 is 9.05 Å². The fourth-order valence-electron chi connectivity index (χ4n) is 2.22. The van der Waals surface area contributed by atoms with Gasteiger partial charge in [0.25, 0.3) is 0 Å². The number of phenolic OH excluding ortho intramolecular Hbond substituents is 1. The van der Waals surface area contributed by atoms with Crippen LogP contribution in [0.3, 0.4) is 0 Å². The Bertz CT molecular complexity index is 443. The molecule has 0 aromatic heterocycles. The molecule has 25 heavy (non-hydrogen) atoms. The zero-order valence-corrected chi connectivity index (χ0v) is 17.0. The second kappa shape index (κ2) is 13.2. The van der Waals surface area contributed by atoms with E-state index in [4.69, 9.17) is 17.7 Å². The Morgan fingerprint density at radius 1 is 0.760 bits per heavy atom. The van der Waals surface area contributed by atoms with Gasteiger partial charge in [-0.25, -0.2) is 0 Å². The van der Waals surface area contributed by atoms with Gasteiger partial charge in [0.15, 0.2) is 11.5 Å². The number of hydrogen-bond donors (Lipinski definition) is 1. The van der Waals surface area contributed by atoms with E-state index in [0.717, 1.165) is 44.9 Å². The summed E-state index contributed by atoms with van der Waals surface area (Å²) in [6, 6.07) is 6.85. The zero-order chi connectivity index (χ0) is 18.4. The number of benzene rings is 1. The van der Waals surface area contributed by atoms with Crippen molar-refractivity contribution in [3.63, 3.8) is 0 Å². The number of aromatic hydroxyl groups is 1. The average molecular weight is 371 g/mol. The van der Waals surface area contributed by atoms with Crippen molar-refractivity contribution >= 4 is 9.05 Å². The molecule has 0 amide bonds. The van der Waals surface area contributed by atoms with Gasteiger partial charge in [-0.05, 0) is 31.4 Å². The number of unbranched alkanes of at least 4 members (excludes halogenated alkanes) is 4. The summed E-state index contributed by atoms with van der Waals surface area (Å²) in [6.07, 6.45) is 7.12. The van der Waals surface area contributed by atoms with Crippen LogP contribution in [0.5, 0.6) is 11.5 Å². The van der Waals surface area contributed by atoms with Crippen LogP contribution in [0, 0.1) is 0 Å². The normalized spacial score (nSPS) is 11.6. The first-order valence-electron chi connectivity index (χ1n) is 9.56. The molecule has 0 bridgehead atoms. The Morgan fingerprint density at radius 3 is 1.84 bits per heavy atom. The predicted octanol–water partition coefficient (Wildman–Crippen LogP) is 5.05. The average Bonchev–Trinajstić information content (AvgIpc) is 2.62. The van der Waals surface area contributed by atoms with Crippen molar-refractivity contribution in [2.75, 3.05) is 19.8 Å². The Morgan fingerprint density at radius 2 is 1.32 bits per heavy atom. The van der Waals surface area contributed by atoms with E-state index < -0.39 is 9.05 Å². The van der Waals surface area contributed by atoms with Gasteiger partial charge in [-0.1, -0.05) is 58.6 Å². The van der Waals surface area contributed by atoms with E-state index in [-0.39, 0.29) is 5.75 Å². The molecule has 6 heteroatoms. The molecule has 0 radical (unpaired) electrons. The maximum Gasteiger partial charge on any atom is 0.749 e. The van der Waals surface area contributed by atoms with Crippen LogP contribution >= 0.6 is 0 Å². The van der Waals surface area contributed by atoms with Crippen molar-refractivity contribution in [3.8, 4) is 11.5 Å². The molecule has 0 saturated carbocycles. The highest BCUT2D eigenvalue weighted by molar-refractivity contribution is 6.54. The van der Waals surface area contributed by atoms with Gasteiger partial charge in [0.1, 0.15) is 0 Å². The SMILES string of the molecule is CCCCCO[Si](OCCC)(OCCCCC)Oc1ccccc1O. The quantitative estimate of drug-likeness (QED) is 0.346. The Hall–Kier alpha value is -1.08. The standard InChI is InChI=1S/C19H34O5Si/c1-4-7-11-16-22-25(21-15-6-3,23-17-12-8-5-2)24-19-14-10-9-13-18(19)20/h9-10,13-14,20H,4-8,11-12,15-17H2,1-3H3. The lowest BCUT2D eigenvalue weighted by Crippen LogP contribution is -2.52. The van der Waals surface area contributed by atoms with E-state index in [1.807, 2.05) is 13.0 Å². The van der Waals surface area contributed by atoms with Crippen LogP contribution < -0.4 is 4.43 Å². The number of hydrogen-bond acceptors (Lipinski definition) is 5. The second-order valence-electron chi connectivity index (χ2n) is 6.03. The molecule has 0 fully saturated rings. The molecule has 0 atom stereocenters. The van der Waals surface area contributed by atoms with Crippen molar-refractivity contribution in [2.24, 2.45) is 0 Å². The van der Waals surface area contributed by atoms with E-state index in [1.165, 1.54) is 0 Å². The first-order valence-corrected chi connectivity index (χ1v) is 11.2. The molecule has 0 spiro atoms. The molecule has 1 N–H and O–H groups in total. The highest BCUT2D eigenvalue weighted by Crippen LogP contribution is 2.29. The van der Waals surface area contributed by atoms with Crippen molar-refractivity contribution in [2.45, 2.75) is 65.7 Å². The highest BCUT2D eigenvalue weighted by Gasteiger charge is 2.49. The summed E-state index contributed by atoms with van der Waals surface area (Å²) in [7, 11) is -3.35. The molecule has 1 aromatic rings. The van der Waals surface area contributed by atoms with Crippen molar-refractivity contribution < 1.29 is 22.8 Å². The highest BCUT2D eigenvalue weighted by atomic mass is 28.4. The molecule has 1 aromatic carbocycles. The number of rotatable bonds is 15. The monoisotopic (exact) mass is 370 g/mol. The third-order valence-corrected chi connectivity index (χ3v) is 5.78. The fraction of sp³-hybridized carbons (Fsp3) is 0.684. The minimum atomic E-state index is -3.35. The lowest BCUT2D eigenvalue weighted by molar-refractivity contribution is -0.00202. The molecule has 0 saturated heterocycles. The number of phenols is 1. The molecule has 5 nitrogen and oxygen atoms in total. The molecule has 1 rings (SSSR count). The molecule has 0 aliphatic heterocycles. The summed E-state index contributed by atoms with van der Waals surface area (Å²) >= 11 is 0. The maximum atomic E-state index is 10.0. The predicted molar refractivity (Wildman–Crippen MR) is 102 cm³/mol. The van der Waals surface area contributed by atoms with Crippen LogP contribution in [0.4, 0.5) is 0 Å². The second-order valence-corrected chi connectivity index (χ2v) is 8.10. The Kier molecular flexibility index (Phi) is 11.6. The first kappa shape index (κ1) is 22.0. The van der Waals surface area contributed by atoms with Gasteiger partial charge in [0, 0.05) is 19.8 Å². The summed E-state index contributed by atoms with van der Waals surface area (Å²) in [5.74, 6) is 0.407. The van der Waals surface area contributed by atoms with Crippen LogP contribution in [0.2, 0.25) is 0 Å². The van der Waals surface area contributed by atoms with E-state index in [9.17, 15) is 5.11 Å². The molecule has 0 aliphatic rings. The molecule has 0 unspecified atom stereocenters. The van der Waals surface area contributed by atoms with Gasteiger partial charge in [-0.3, -0.25) is 0 Å². The third kappa shape index (κ3) is 8.72. The summed E-state index contributed by atoms with van der Waals surface area (Å²) in [5, 5.41) is 10.0. The van der Waals surface area contributed by atoms with Crippen LogP contribution in [0.15, 0.2) is 24.3 Å². The Labute approximate surface area is 153 Å². The van der Waals surface area contributed by atoms with Crippen LogP contribution in [0.25, 0.3) is 0 Å². The van der Waals surface area contributed by atoms with Gasteiger partial charge in [-0.15, -0.1) is 0 Å². The maximum absolute atomic E-state index is 10.0. The first-order chi connectivity index (χ1) is 12.2. The summed E-state index contributed by atoms with van der Waals surface area (Å²) in [5.41, 5.74) is 0. The van der Waals surface area contributed by atoms with E-state index in [1.54, 1.807) is 18.2 Å². The summed E-state index contributed by atoms with van der Waals surface area (Å²) in [4.78, 5) is 0. The minimum Gasteiger partial charge on any atom is -0.504 e. The van der Waals surface area contributed by atoms with Gasteiger partial charge < -0.3 is 22.8 Å². The topological polar surface area (TPSA) is 57.2 Å². The Balaban J connectivity index is 2.85. The molecular formula is C19H34O5Si. The van der Waals surface area contributed by atoms with Crippen LogP contribution in [0.1, 0.15) is 65.7 Å². The zero-order valence-electron chi connectivity index (χ0n) is 16.0. The largest absolute Gasteiger partial charge is 0.749 e. The minimum absolute atomic E-state index is 0.0637. The lowest BCUT2D eigenvalue weighted by atomic mass is 10.3. The van der Waals surface area contributed by atoms with Crippen molar-refractivity contribution in [1.82, 2.24) is 0 Å². The van der Waals surface area contributed by atoms with E-state index in [2.05, 4.69) is 13.8 Å². The number of para-hydroxylation sites is 2. The van der Waals surface area contributed by atoms with Crippen molar-refractivity contribution in [1.29, 1.82) is 0 Å². The van der Waals surface area contributed by atoms with Gasteiger partial charge in [0.2, 0.25) is 0 Å². The molecule has 0 aliphatic carbocycles. The van der Waals surface area contributed by atoms with Gasteiger partial charge in [0.05, 0.1) is 0 Å². The van der Waals surface area contributed by atoms with Crippen LogP contribution in [-0.4, -0.2) is 34.0 Å². The third-order valence-electron chi connectivity index (χ3n) is 3.64. The molecule has 0 heterocycles. The summed E-state index contributed by atoms with van der Waals surface area (Å²) in [6.45, 7) is 7.90. The van der Waals surface area contributed by atoms with Crippen molar-refractivity contribution in [3.05, 3.63) is 24.3 Å². The smallest absolute Gasteiger partial charge is 0.504 e. The molecular weight excluding hydrogens is 336 g/mol. The summed E-state index contributed by atoms with van der Waals surface area (Å²) < 4.78 is 24.0. The lowest BCUT2D eigenvalue weighted by Gasteiger charge is -2.28. The fourth-order valence-corrected chi connectivity index (χ4v) is 4.33. The van der Waals surface area contributed by atoms with Gasteiger partial charge in [-0.2, -0.15) is 0 Å². The molecule has 144 valence electrons.